The van der Waals surface area contributed by atoms with Gasteiger partial charge in [0.25, 0.3) is 0 Å². The fourth-order valence-corrected chi connectivity index (χ4v) is 2.19. The maximum Gasteiger partial charge on any atom is 0.0791 e. The molecule has 0 amide bonds. The zero-order valence-electron chi connectivity index (χ0n) is 10.8. The fraction of sp³-hybridized carbons (Fsp3) is 0.571. The highest BCUT2D eigenvalue weighted by molar-refractivity contribution is 6.31. The number of nitrogens with one attached hydrogen (secondary N) is 1. The van der Waals surface area contributed by atoms with E-state index in [1.54, 1.807) is 0 Å². The van der Waals surface area contributed by atoms with Crippen LogP contribution in [0.3, 0.4) is 0 Å². The lowest BCUT2D eigenvalue weighted by Crippen LogP contribution is -2.37. The Kier molecular flexibility index (Phi) is 5.01. The molecule has 0 bridgehead atoms. The van der Waals surface area contributed by atoms with Crippen molar-refractivity contribution in [3.05, 3.63) is 34.9 Å². The number of rotatable bonds is 7. The third kappa shape index (κ3) is 4.58. The highest BCUT2D eigenvalue weighted by Crippen LogP contribution is 2.18. The van der Waals surface area contributed by atoms with E-state index < -0.39 is 0 Å². The number of hydrogen-bond acceptors (Lipinski definition) is 3. The first kappa shape index (κ1) is 13.8. The van der Waals surface area contributed by atoms with Crippen LogP contribution in [-0.4, -0.2) is 42.3 Å². The van der Waals surface area contributed by atoms with E-state index in [-0.39, 0.29) is 6.10 Å². The Morgan fingerprint density at radius 2 is 2.17 bits per heavy atom. The highest BCUT2D eigenvalue weighted by Gasteiger charge is 2.21. The molecule has 0 spiro atoms. The molecule has 18 heavy (non-hydrogen) atoms. The molecule has 1 fully saturated rings. The average Bonchev–Trinajstić information content (AvgIpc) is 3.13. The topological polar surface area (TPSA) is 35.5 Å². The number of aliphatic hydroxyl groups excluding tert-OH is 1. The van der Waals surface area contributed by atoms with Gasteiger partial charge in [0.05, 0.1) is 6.10 Å². The molecule has 2 rings (SSSR count). The predicted molar refractivity (Wildman–Crippen MR) is 74.8 cm³/mol. The summed E-state index contributed by atoms with van der Waals surface area (Å²) in [6, 6.07) is 8.48. The summed E-state index contributed by atoms with van der Waals surface area (Å²) >= 11 is 6.11. The third-order valence-corrected chi connectivity index (χ3v) is 3.51. The second-order valence-corrected chi connectivity index (χ2v) is 5.53. The van der Waals surface area contributed by atoms with Crippen LogP contribution in [-0.2, 0) is 6.54 Å². The summed E-state index contributed by atoms with van der Waals surface area (Å²) < 4.78 is 0. The average molecular weight is 269 g/mol. The lowest BCUT2D eigenvalue weighted by Gasteiger charge is -2.21. The van der Waals surface area contributed by atoms with Crippen molar-refractivity contribution in [2.75, 3.05) is 20.1 Å². The molecule has 0 aromatic heterocycles. The standard InChI is InChI=1S/C14H21ClN2O/c1-17(9-11-4-2-3-5-14(11)15)10-13(18)8-16-12-6-7-12/h2-5,12-13,16,18H,6-10H2,1H3. The molecule has 2 N–H and O–H groups in total. The number of hydrogen-bond donors (Lipinski definition) is 2. The van der Waals surface area contributed by atoms with Gasteiger partial charge in [-0.25, -0.2) is 0 Å². The highest BCUT2D eigenvalue weighted by atomic mass is 35.5. The number of likely N-dealkylation sites (N-methyl/N-ethyl adjacent to an activating group) is 1. The Morgan fingerprint density at radius 1 is 1.44 bits per heavy atom. The maximum atomic E-state index is 9.91. The molecule has 1 aliphatic rings. The van der Waals surface area contributed by atoms with Gasteiger partial charge in [-0.15, -0.1) is 0 Å². The Balaban J connectivity index is 1.73. The maximum absolute atomic E-state index is 9.91. The molecule has 100 valence electrons. The van der Waals surface area contributed by atoms with E-state index in [9.17, 15) is 5.11 Å². The van der Waals surface area contributed by atoms with Gasteiger partial charge in [-0.3, -0.25) is 4.90 Å². The molecule has 3 nitrogen and oxygen atoms in total. The molecule has 1 saturated carbocycles. The summed E-state index contributed by atoms with van der Waals surface area (Å²) in [5.74, 6) is 0. The molecule has 0 aliphatic heterocycles. The van der Waals surface area contributed by atoms with Gasteiger partial charge in [0.2, 0.25) is 0 Å². The number of aliphatic hydroxyl groups is 1. The lowest BCUT2D eigenvalue weighted by atomic mass is 10.2. The minimum atomic E-state index is -0.321. The SMILES string of the molecule is CN(Cc1ccccc1Cl)CC(O)CNC1CC1. The smallest absolute Gasteiger partial charge is 0.0791 e. The fourth-order valence-electron chi connectivity index (χ4n) is 2.00. The molecule has 0 heterocycles. The van der Waals surface area contributed by atoms with Crippen LogP contribution in [0.4, 0.5) is 0 Å². The first-order valence-electron chi connectivity index (χ1n) is 6.48. The minimum Gasteiger partial charge on any atom is -0.390 e. The van der Waals surface area contributed by atoms with Crippen molar-refractivity contribution in [1.29, 1.82) is 0 Å². The van der Waals surface area contributed by atoms with E-state index in [1.165, 1.54) is 12.8 Å². The van der Waals surface area contributed by atoms with Crippen molar-refractivity contribution in [2.24, 2.45) is 0 Å². The summed E-state index contributed by atoms with van der Waals surface area (Å²) in [7, 11) is 2.00. The van der Waals surface area contributed by atoms with Gasteiger partial charge in [-0.05, 0) is 31.5 Å². The molecule has 1 aromatic carbocycles. The van der Waals surface area contributed by atoms with Crippen molar-refractivity contribution in [3.63, 3.8) is 0 Å². The molecule has 0 radical (unpaired) electrons. The van der Waals surface area contributed by atoms with Gasteiger partial charge in [0.15, 0.2) is 0 Å². The van der Waals surface area contributed by atoms with Gasteiger partial charge >= 0.3 is 0 Å². The van der Waals surface area contributed by atoms with Crippen LogP contribution in [0, 0.1) is 0 Å². The Labute approximate surface area is 114 Å². The second-order valence-electron chi connectivity index (χ2n) is 5.12. The molecule has 1 aliphatic carbocycles. The van der Waals surface area contributed by atoms with Crippen LogP contribution in [0.1, 0.15) is 18.4 Å². The van der Waals surface area contributed by atoms with E-state index in [4.69, 9.17) is 11.6 Å². The zero-order valence-corrected chi connectivity index (χ0v) is 11.5. The molecule has 0 saturated heterocycles. The van der Waals surface area contributed by atoms with Crippen LogP contribution in [0.5, 0.6) is 0 Å². The summed E-state index contributed by atoms with van der Waals surface area (Å²) in [6.45, 7) is 2.10. The molecular formula is C14H21ClN2O. The Bertz CT molecular complexity index is 382. The minimum absolute atomic E-state index is 0.321. The first-order valence-corrected chi connectivity index (χ1v) is 6.86. The summed E-state index contributed by atoms with van der Waals surface area (Å²) in [5, 5.41) is 14.0. The summed E-state index contributed by atoms with van der Waals surface area (Å²) in [5.41, 5.74) is 1.10. The predicted octanol–water partition coefficient (Wildman–Crippen LogP) is 1.88. The van der Waals surface area contributed by atoms with Crippen molar-refractivity contribution < 1.29 is 5.11 Å². The molecule has 1 unspecified atom stereocenters. The van der Waals surface area contributed by atoms with Crippen LogP contribution in [0.15, 0.2) is 24.3 Å². The van der Waals surface area contributed by atoms with E-state index in [0.29, 0.717) is 19.1 Å². The monoisotopic (exact) mass is 268 g/mol. The van der Waals surface area contributed by atoms with Gasteiger partial charge in [-0.1, -0.05) is 29.8 Å². The quantitative estimate of drug-likeness (QED) is 0.793. The van der Waals surface area contributed by atoms with Gasteiger partial charge in [0, 0.05) is 30.7 Å². The first-order chi connectivity index (χ1) is 8.65. The van der Waals surface area contributed by atoms with Gasteiger partial charge < -0.3 is 10.4 Å². The normalized spacial score (nSPS) is 17.1. The van der Waals surface area contributed by atoms with E-state index in [1.807, 2.05) is 31.3 Å². The van der Waals surface area contributed by atoms with E-state index >= 15 is 0 Å². The molecule has 1 atom stereocenters. The lowest BCUT2D eigenvalue weighted by molar-refractivity contribution is 0.121. The van der Waals surface area contributed by atoms with Crippen molar-refractivity contribution in [1.82, 2.24) is 10.2 Å². The molecule has 4 heteroatoms. The molecule has 1 aromatic rings. The largest absolute Gasteiger partial charge is 0.390 e. The Morgan fingerprint density at radius 3 is 2.83 bits per heavy atom. The van der Waals surface area contributed by atoms with E-state index in [2.05, 4.69) is 10.2 Å². The van der Waals surface area contributed by atoms with Crippen LogP contribution >= 0.6 is 11.6 Å². The number of benzene rings is 1. The zero-order chi connectivity index (χ0) is 13.0. The van der Waals surface area contributed by atoms with E-state index in [0.717, 1.165) is 17.1 Å². The van der Waals surface area contributed by atoms with Crippen LogP contribution < -0.4 is 5.32 Å². The summed E-state index contributed by atoms with van der Waals surface area (Å²) in [4.78, 5) is 2.10. The Hall–Kier alpha value is -0.610. The van der Waals surface area contributed by atoms with Crippen LogP contribution in [0.2, 0.25) is 5.02 Å². The van der Waals surface area contributed by atoms with Crippen molar-refractivity contribution >= 4 is 11.6 Å². The number of halogens is 1. The second kappa shape index (κ2) is 6.53. The van der Waals surface area contributed by atoms with Crippen molar-refractivity contribution in [2.45, 2.75) is 31.5 Å². The van der Waals surface area contributed by atoms with Gasteiger partial charge in [0.1, 0.15) is 0 Å². The third-order valence-electron chi connectivity index (χ3n) is 3.14. The molecular weight excluding hydrogens is 248 g/mol. The van der Waals surface area contributed by atoms with Gasteiger partial charge in [-0.2, -0.15) is 0 Å². The number of nitrogens with zero attached hydrogens (tertiary/aromatic N) is 1. The summed E-state index contributed by atoms with van der Waals surface area (Å²) in [6.07, 6.45) is 2.18. The van der Waals surface area contributed by atoms with Crippen molar-refractivity contribution in [3.8, 4) is 0 Å². The van der Waals surface area contributed by atoms with Crippen LogP contribution in [0.25, 0.3) is 0 Å².